The van der Waals surface area contributed by atoms with Gasteiger partial charge in [0.15, 0.2) is 11.4 Å². The molecule has 0 spiro atoms. The summed E-state index contributed by atoms with van der Waals surface area (Å²) in [7, 11) is 4.43. The van der Waals surface area contributed by atoms with E-state index in [1.54, 1.807) is 0 Å². The van der Waals surface area contributed by atoms with Crippen LogP contribution in [0.15, 0.2) is 84.9 Å². The van der Waals surface area contributed by atoms with E-state index in [1.807, 2.05) is 0 Å². The largest absolute Gasteiger partial charge is 0.209 e. The Balaban J connectivity index is 1.36. The third-order valence-corrected chi connectivity index (χ3v) is 9.46. The monoisotopic (exact) mass is 472 g/mol. The van der Waals surface area contributed by atoms with Crippen molar-refractivity contribution in [3.05, 3.63) is 96.1 Å². The van der Waals surface area contributed by atoms with Gasteiger partial charge in [-0.15, -0.1) is 0 Å². The van der Waals surface area contributed by atoms with Crippen LogP contribution < -0.4 is 0 Å². The zero-order valence-electron chi connectivity index (χ0n) is 22.4. The van der Waals surface area contributed by atoms with Crippen LogP contribution in [0.25, 0.3) is 21.5 Å². The van der Waals surface area contributed by atoms with Crippen molar-refractivity contribution in [2.75, 3.05) is 14.1 Å². The quantitative estimate of drug-likeness (QED) is 0.209. The van der Waals surface area contributed by atoms with Crippen LogP contribution in [-0.2, 0) is 10.8 Å². The lowest BCUT2D eigenvalue weighted by Crippen LogP contribution is -2.30. The van der Waals surface area contributed by atoms with Gasteiger partial charge in [-0.2, -0.15) is 0 Å². The summed E-state index contributed by atoms with van der Waals surface area (Å²) in [4.78, 5) is 0. The number of fused-ring (bicyclic) bond motifs is 6. The molecule has 2 aliphatic heterocycles. The Kier molecular flexibility index (Phi) is 5.09. The molecule has 4 aromatic rings. The maximum Gasteiger partial charge on any atom is 0.209 e. The molecule has 6 rings (SSSR count). The molecule has 0 amide bonds. The summed E-state index contributed by atoms with van der Waals surface area (Å²) in [5.74, 6) is 0. The lowest BCUT2D eigenvalue weighted by atomic mass is 9.73. The maximum absolute atomic E-state index is 2.44. The highest BCUT2D eigenvalue weighted by Gasteiger charge is 2.47. The van der Waals surface area contributed by atoms with E-state index in [4.69, 9.17) is 0 Å². The Morgan fingerprint density at radius 1 is 0.583 bits per heavy atom. The minimum Gasteiger partial charge on any atom is -0.202 e. The molecule has 0 fully saturated rings. The average Bonchev–Trinajstić information content (AvgIpc) is 3.22. The van der Waals surface area contributed by atoms with Crippen LogP contribution in [0.3, 0.4) is 0 Å². The van der Waals surface area contributed by atoms with E-state index in [2.05, 4.69) is 136 Å². The molecular weight excluding hydrogens is 436 g/mol. The summed E-state index contributed by atoms with van der Waals surface area (Å²) in [6, 6.07) is 26.8. The fourth-order valence-corrected chi connectivity index (χ4v) is 6.84. The third-order valence-electron chi connectivity index (χ3n) is 9.46. The fraction of sp³-hybridized carbons (Fsp3) is 0.294. The zero-order chi connectivity index (χ0) is 25.2. The molecular formula is C34H36N2+2. The minimum absolute atomic E-state index is 0.0157. The van der Waals surface area contributed by atoms with Crippen molar-refractivity contribution in [2.24, 2.45) is 0 Å². The van der Waals surface area contributed by atoms with Crippen LogP contribution in [0.5, 0.6) is 0 Å². The summed E-state index contributed by atoms with van der Waals surface area (Å²) in [5.41, 5.74) is 8.43. The Labute approximate surface area is 214 Å². The second-order valence-corrected chi connectivity index (χ2v) is 11.2. The molecule has 0 radical (unpaired) electrons. The molecule has 2 heterocycles. The predicted octanol–water partition coefficient (Wildman–Crippen LogP) is 8.04. The van der Waals surface area contributed by atoms with Gasteiger partial charge in [0.25, 0.3) is 0 Å². The normalized spacial score (nSPS) is 23.4. The van der Waals surface area contributed by atoms with Gasteiger partial charge in [-0.05, 0) is 60.4 Å². The molecule has 2 nitrogen and oxygen atoms in total. The van der Waals surface area contributed by atoms with Gasteiger partial charge in [-0.1, -0.05) is 60.7 Å². The van der Waals surface area contributed by atoms with E-state index in [9.17, 15) is 0 Å². The summed E-state index contributed by atoms with van der Waals surface area (Å²) in [6.45, 7) is 9.45. The lowest BCUT2D eigenvalue weighted by molar-refractivity contribution is -0.403. The van der Waals surface area contributed by atoms with E-state index in [-0.39, 0.29) is 10.8 Å². The summed E-state index contributed by atoms with van der Waals surface area (Å²) in [6.07, 6.45) is 6.88. The van der Waals surface area contributed by atoms with Gasteiger partial charge in [0, 0.05) is 37.1 Å². The van der Waals surface area contributed by atoms with Crippen molar-refractivity contribution < 1.29 is 9.15 Å². The summed E-state index contributed by atoms with van der Waals surface area (Å²) < 4.78 is 4.78. The molecule has 0 saturated heterocycles. The number of allylic oxidation sites excluding steroid dienone is 2. The van der Waals surface area contributed by atoms with Crippen LogP contribution >= 0.6 is 0 Å². The Morgan fingerprint density at radius 3 is 1.39 bits per heavy atom. The molecule has 0 saturated carbocycles. The molecule has 36 heavy (non-hydrogen) atoms. The highest BCUT2D eigenvalue weighted by molar-refractivity contribution is 6.03. The maximum atomic E-state index is 2.44. The first-order valence-corrected chi connectivity index (χ1v) is 13.1. The van der Waals surface area contributed by atoms with E-state index in [0.29, 0.717) is 0 Å². The first kappa shape index (κ1) is 22.9. The molecule has 2 heteroatoms. The first-order valence-electron chi connectivity index (χ1n) is 13.1. The molecule has 0 aromatic heterocycles. The Morgan fingerprint density at radius 2 is 0.972 bits per heavy atom. The number of rotatable bonds is 4. The SMILES string of the molecule is CC1=[N+](C)c2ccc3ccccc3c2C1(C)CC=CCC1(C)C(C)=[N+](C)c2ccc3ccccc3c21. The van der Waals surface area contributed by atoms with Crippen molar-refractivity contribution in [1.82, 2.24) is 0 Å². The van der Waals surface area contributed by atoms with Crippen LogP contribution in [0, 0.1) is 0 Å². The van der Waals surface area contributed by atoms with Gasteiger partial charge in [-0.25, -0.2) is 9.15 Å². The number of nitrogens with zero attached hydrogens (tertiary/aromatic N) is 2. The van der Waals surface area contributed by atoms with Gasteiger partial charge < -0.3 is 0 Å². The van der Waals surface area contributed by atoms with E-state index >= 15 is 0 Å². The topological polar surface area (TPSA) is 6.02 Å². The molecule has 0 aliphatic carbocycles. The Hall–Kier alpha value is -3.52. The molecule has 2 aliphatic rings. The second kappa shape index (κ2) is 8.00. The van der Waals surface area contributed by atoms with Crippen molar-refractivity contribution in [1.29, 1.82) is 0 Å². The van der Waals surface area contributed by atoms with Gasteiger partial charge in [0.1, 0.15) is 14.1 Å². The van der Waals surface area contributed by atoms with E-state index in [0.717, 1.165) is 12.8 Å². The minimum atomic E-state index is -0.0157. The van der Waals surface area contributed by atoms with Crippen LogP contribution in [-0.4, -0.2) is 34.7 Å². The number of hydrogen-bond acceptors (Lipinski definition) is 0. The smallest absolute Gasteiger partial charge is 0.202 e. The van der Waals surface area contributed by atoms with Gasteiger partial charge in [0.05, 0.1) is 10.8 Å². The molecule has 4 aromatic carbocycles. The van der Waals surface area contributed by atoms with E-state index < -0.39 is 0 Å². The molecule has 180 valence electrons. The predicted molar refractivity (Wildman–Crippen MR) is 154 cm³/mol. The van der Waals surface area contributed by atoms with E-state index in [1.165, 1.54) is 55.5 Å². The fourth-order valence-electron chi connectivity index (χ4n) is 6.84. The van der Waals surface area contributed by atoms with Gasteiger partial charge in [-0.3, -0.25) is 0 Å². The van der Waals surface area contributed by atoms with Gasteiger partial charge in [0.2, 0.25) is 11.4 Å². The van der Waals surface area contributed by atoms with Crippen molar-refractivity contribution in [3.8, 4) is 0 Å². The standard InChI is InChI=1S/C34H36N2/c1-23-33(3,31-27-15-9-7-13-25(27)17-19-29(31)35(23)5)21-11-12-22-34(4)24(2)36(6)30-20-18-26-14-8-10-16-28(26)32(30)34/h7-20H,21-22H2,1-6H3/q+2. The molecule has 2 atom stereocenters. The zero-order valence-corrected chi connectivity index (χ0v) is 22.4. The van der Waals surface area contributed by atoms with Gasteiger partial charge >= 0.3 is 0 Å². The Bertz CT molecular complexity index is 1530. The summed E-state index contributed by atoms with van der Waals surface area (Å²) >= 11 is 0. The molecule has 2 unspecified atom stereocenters. The first-order chi connectivity index (χ1) is 17.3. The second-order valence-electron chi connectivity index (χ2n) is 11.2. The summed E-state index contributed by atoms with van der Waals surface area (Å²) in [5, 5.41) is 5.40. The average molecular weight is 473 g/mol. The number of benzene rings is 4. The van der Waals surface area contributed by atoms with Crippen molar-refractivity contribution in [3.63, 3.8) is 0 Å². The van der Waals surface area contributed by atoms with Crippen LogP contribution in [0.1, 0.15) is 51.7 Å². The third kappa shape index (κ3) is 3.03. The number of hydrogen-bond donors (Lipinski definition) is 0. The molecule has 0 bridgehead atoms. The lowest BCUT2D eigenvalue weighted by Gasteiger charge is -2.23. The highest BCUT2D eigenvalue weighted by Crippen LogP contribution is 2.47. The van der Waals surface area contributed by atoms with Crippen LogP contribution in [0.2, 0.25) is 0 Å². The highest BCUT2D eigenvalue weighted by atomic mass is 15.0. The van der Waals surface area contributed by atoms with Crippen molar-refractivity contribution >= 4 is 44.3 Å². The van der Waals surface area contributed by atoms with Crippen LogP contribution in [0.4, 0.5) is 11.4 Å². The molecule has 0 N–H and O–H groups in total. The van der Waals surface area contributed by atoms with Crippen molar-refractivity contribution in [2.45, 2.75) is 51.4 Å².